The van der Waals surface area contributed by atoms with E-state index in [0.717, 1.165) is 29.8 Å². The minimum atomic E-state index is 0.508. The summed E-state index contributed by atoms with van der Waals surface area (Å²) in [5, 5.41) is 9.76. The van der Waals surface area contributed by atoms with Gasteiger partial charge in [0.05, 0.1) is 17.7 Å². The van der Waals surface area contributed by atoms with Gasteiger partial charge in [-0.05, 0) is 43.5 Å². The van der Waals surface area contributed by atoms with Gasteiger partial charge in [-0.1, -0.05) is 24.3 Å². The van der Waals surface area contributed by atoms with Gasteiger partial charge < -0.3 is 13.7 Å². The summed E-state index contributed by atoms with van der Waals surface area (Å²) in [6.07, 6.45) is 4.43. The molecule has 1 aliphatic rings. The highest BCUT2D eigenvalue weighted by Gasteiger charge is 2.20. The Morgan fingerprint density at radius 3 is 2.92 bits per heavy atom. The van der Waals surface area contributed by atoms with Crippen molar-refractivity contribution in [3.8, 4) is 28.7 Å². The molecule has 0 radical (unpaired) electrons. The molecule has 0 bridgehead atoms. The molecule has 2 aromatic carbocycles. The first kappa shape index (κ1) is 15.2. The van der Waals surface area contributed by atoms with E-state index in [-0.39, 0.29) is 0 Å². The minimum absolute atomic E-state index is 0.508. The molecule has 0 unspecified atom stereocenters. The summed E-state index contributed by atoms with van der Waals surface area (Å²) < 4.78 is 13.9. The van der Waals surface area contributed by atoms with Crippen molar-refractivity contribution in [2.24, 2.45) is 0 Å². The van der Waals surface area contributed by atoms with E-state index >= 15 is 0 Å². The maximum atomic E-state index is 6.02. The number of nitrogens with zero attached hydrogens (tertiary/aromatic N) is 3. The maximum absolute atomic E-state index is 6.02. The first-order chi connectivity index (χ1) is 12.8. The normalized spacial score (nSPS) is 13.3. The van der Waals surface area contributed by atoms with Crippen LogP contribution in [0.4, 0.5) is 0 Å². The standard InChI is InChI=1S/C21H19N3O2/c1-2-25-16-9-3-7-15(12-16)20-22-23-21(26-20)18-13-24-11-5-8-14-6-4-10-17(18)19(14)24/h3-4,6-7,9-10,12-13H,2,5,8,11H2,1H3. The first-order valence-electron chi connectivity index (χ1n) is 9.01. The van der Waals surface area contributed by atoms with Gasteiger partial charge >= 0.3 is 0 Å². The number of rotatable bonds is 4. The topological polar surface area (TPSA) is 53.1 Å². The van der Waals surface area contributed by atoms with Crippen LogP contribution in [-0.4, -0.2) is 21.4 Å². The lowest BCUT2D eigenvalue weighted by Gasteiger charge is -2.14. The lowest BCUT2D eigenvalue weighted by molar-refractivity contribution is 0.340. The summed E-state index contributed by atoms with van der Waals surface area (Å²) in [5.74, 6) is 1.87. The van der Waals surface area contributed by atoms with Crippen molar-refractivity contribution in [2.45, 2.75) is 26.3 Å². The van der Waals surface area contributed by atoms with Crippen molar-refractivity contribution in [1.82, 2.24) is 14.8 Å². The van der Waals surface area contributed by atoms with Crippen LogP contribution in [0.2, 0.25) is 0 Å². The molecule has 0 saturated carbocycles. The van der Waals surface area contributed by atoms with Gasteiger partial charge in [0, 0.05) is 23.7 Å². The molecule has 0 spiro atoms. The summed E-state index contributed by atoms with van der Waals surface area (Å²) in [7, 11) is 0. The zero-order valence-electron chi connectivity index (χ0n) is 14.6. The van der Waals surface area contributed by atoms with Gasteiger partial charge in [-0.25, -0.2) is 0 Å². The third-order valence-electron chi connectivity index (χ3n) is 4.87. The number of ether oxygens (including phenoxy) is 1. The Bertz CT molecular complexity index is 1090. The van der Waals surface area contributed by atoms with E-state index in [4.69, 9.17) is 9.15 Å². The Morgan fingerprint density at radius 1 is 1.12 bits per heavy atom. The average Bonchev–Trinajstić information content (AvgIpc) is 3.29. The predicted octanol–water partition coefficient (Wildman–Crippen LogP) is 4.70. The molecule has 4 aromatic rings. The summed E-state index contributed by atoms with van der Waals surface area (Å²) in [6, 6.07) is 14.2. The van der Waals surface area contributed by atoms with Crippen molar-refractivity contribution in [1.29, 1.82) is 0 Å². The third kappa shape index (κ3) is 2.39. The molecule has 0 fully saturated rings. The molecule has 0 amide bonds. The average molecular weight is 345 g/mol. The highest BCUT2D eigenvalue weighted by molar-refractivity contribution is 5.96. The van der Waals surface area contributed by atoms with E-state index in [2.05, 4.69) is 39.2 Å². The molecular weight excluding hydrogens is 326 g/mol. The Labute approximate surface area is 151 Å². The van der Waals surface area contributed by atoms with Crippen LogP contribution in [0.3, 0.4) is 0 Å². The van der Waals surface area contributed by atoms with Crippen molar-refractivity contribution >= 4 is 10.9 Å². The third-order valence-corrected chi connectivity index (χ3v) is 4.87. The smallest absolute Gasteiger partial charge is 0.250 e. The fourth-order valence-electron chi connectivity index (χ4n) is 3.76. The van der Waals surface area contributed by atoms with E-state index in [1.807, 2.05) is 31.2 Å². The van der Waals surface area contributed by atoms with E-state index < -0.39 is 0 Å². The maximum Gasteiger partial charge on any atom is 0.250 e. The lowest BCUT2D eigenvalue weighted by Crippen LogP contribution is -2.05. The van der Waals surface area contributed by atoms with Gasteiger partial charge in [0.15, 0.2) is 0 Å². The van der Waals surface area contributed by atoms with E-state index in [9.17, 15) is 0 Å². The number of para-hydroxylation sites is 1. The van der Waals surface area contributed by atoms with Crippen LogP contribution in [-0.2, 0) is 13.0 Å². The number of benzene rings is 2. The number of hydrogen-bond acceptors (Lipinski definition) is 4. The van der Waals surface area contributed by atoms with Crippen molar-refractivity contribution in [3.05, 3.63) is 54.2 Å². The second-order valence-electron chi connectivity index (χ2n) is 6.53. The van der Waals surface area contributed by atoms with Crippen LogP contribution in [0.5, 0.6) is 5.75 Å². The Morgan fingerprint density at radius 2 is 2.00 bits per heavy atom. The van der Waals surface area contributed by atoms with E-state index in [1.165, 1.54) is 22.9 Å². The molecule has 5 rings (SSSR count). The predicted molar refractivity (Wildman–Crippen MR) is 100 cm³/mol. The van der Waals surface area contributed by atoms with Gasteiger partial charge in [0.1, 0.15) is 5.75 Å². The van der Waals surface area contributed by atoms with Gasteiger partial charge in [0.2, 0.25) is 11.8 Å². The molecule has 5 nitrogen and oxygen atoms in total. The van der Waals surface area contributed by atoms with Crippen LogP contribution in [0.1, 0.15) is 18.9 Å². The molecule has 26 heavy (non-hydrogen) atoms. The van der Waals surface area contributed by atoms with Crippen molar-refractivity contribution in [2.75, 3.05) is 6.61 Å². The summed E-state index contributed by atoms with van der Waals surface area (Å²) >= 11 is 0. The van der Waals surface area contributed by atoms with Gasteiger partial charge in [0.25, 0.3) is 0 Å². The Balaban J connectivity index is 1.58. The van der Waals surface area contributed by atoms with Crippen LogP contribution in [0, 0.1) is 0 Å². The monoisotopic (exact) mass is 345 g/mol. The molecular formula is C21H19N3O2. The molecule has 3 heterocycles. The molecule has 0 saturated heterocycles. The van der Waals surface area contributed by atoms with Crippen molar-refractivity contribution in [3.63, 3.8) is 0 Å². The zero-order chi connectivity index (χ0) is 17.5. The van der Waals surface area contributed by atoms with Crippen LogP contribution in [0.25, 0.3) is 33.8 Å². The van der Waals surface area contributed by atoms with Gasteiger partial charge in [-0.2, -0.15) is 0 Å². The SMILES string of the molecule is CCOc1cccc(-c2nnc(-c3cn4c5c(cccc35)CCC4)o2)c1. The Kier molecular flexibility index (Phi) is 3.52. The zero-order valence-corrected chi connectivity index (χ0v) is 14.6. The summed E-state index contributed by atoms with van der Waals surface area (Å²) in [6.45, 7) is 3.62. The molecule has 0 atom stereocenters. The number of aromatic nitrogens is 3. The molecule has 130 valence electrons. The second kappa shape index (κ2) is 6.02. The fourth-order valence-corrected chi connectivity index (χ4v) is 3.76. The molecule has 2 aromatic heterocycles. The van der Waals surface area contributed by atoms with Crippen molar-refractivity contribution < 1.29 is 9.15 Å². The van der Waals surface area contributed by atoms with E-state index in [1.54, 1.807) is 0 Å². The highest BCUT2D eigenvalue weighted by Crippen LogP contribution is 2.35. The number of aryl methyl sites for hydroxylation is 2. The van der Waals surface area contributed by atoms with Gasteiger partial charge in [-0.15, -0.1) is 10.2 Å². The molecule has 0 aliphatic carbocycles. The lowest BCUT2D eigenvalue weighted by atomic mass is 10.0. The Hall–Kier alpha value is -3.08. The minimum Gasteiger partial charge on any atom is -0.494 e. The second-order valence-corrected chi connectivity index (χ2v) is 6.53. The molecule has 5 heteroatoms. The molecule has 1 aliphatic heterocycles. The molecule has 0 N–H and O–H groups in total. The van der Waals surface area contributed by atoms with Crippen LogP contribution >= 0.6 is 0 Å². The summed E-state index contributed by atoms with van der Waals surface area (Å²) in [4.78, 5) is 0. The largest absolute Gasteiger partial charge is 0.494 e. The fraction of sp³-hybridized carbons (Fsp3) is 0.238. The first-order valence-corrected chi connectivity index (χ1v) is 9.01. The summed E-state index contributed by atoms with van der Waals surface area (Å²) in [5.41, 5.74) is 4.56. The van der Waals surface area contributed by atoms with Crippen LogP contribution < -0.4 is 4.74 Å². The van der Waals surface area contributed by atoms with Gasteiger partial charge in [-0.3, -0.25) is 0 Å². The highest BCUT2D eigenvalue weighted by atomic mass is 16.5. The number of hydrogen-bond donors (Lipinski definition) is 0. The quantitative estimate of drug-likeness (QED) is 0.538. The van der Waals surface area contributed by atoms with Crippen LogP contribution in [0.15, 0.2) is 53.1 Å². The van der Waals surface area contributed by atoms with E-state index in [0.29, 0.717) is 18.4 Å².